The van der Waals surface area contributed by atoms with E-state index in [0.29, 0.717) is 23.6 Å². The molecular formula is C11H15ClFNO. The van der Waals surface area contributed by atoms with Crippen molar-refractivity contribution in [3.8, 4) is 0 Å². The molecule has 0 aliphatic carbocycles. The number of methoxy groups -OCH3 is 1. The topological polar surface area (TPSA) is 35.2 Å². The third-order valence-corrected chi connectivity index (χ3v) is 2.44. The van der Waals surface area contributed by atoms with E-state index >= 15 is 0 Å². The van der Waals surface area contributed by atoms with Crippen LogP contribution in [0.3, 0.4) is 0 Å². The molecule has 1 unspecified atom stereocenters. The van der Waals surface area contributed by atoms with Crippen LogP contribution in [0, 0.1) is 5.82 Å². The van der Waals surface area contributed by atoms with Crippen LogP contribution in [-0.4, -0.2) is 19.3 Å². The fraction of sp³-hybridized carbons (Fsp3) is 0.455. The van der Waals surface area contributed by atoms with Gasteiger partial charge < -0.3 is 10.5 Å². The molecule has 84 valence electrons. The number of rotatable bonds is 4. The van der Waals surface area contributed by atoms with Crippen LogP contribution in [0.4, 0.5) is 4.39 Å². The fourth-order valence-corrected chi connectivity index (χ4v) is 1.68. The minimum Gasteiger partial charge on any atom is -0.383 e. The van der Waals surface area contributed by atoms with Crippen molar-refractivity contribution >= 4 is 11.6 Å². The van der Waals surface area contributed by atoms with Gasteiger partial charge in [-0.1, -0.05) is 11.6 Å². The smallest absolute Gasteiger partial charge is 0.123 e. The third kappa shape index (κ3) is 3.78. The molecule has 0 aromatic heterocycles. The quantitative estimate of drug-likeness (QED) is 0.864. The molecule has 4 heteroatoms. The summed E-state index contributed by atoms with van der Waals surface area (Å²) >= 11 is 5.94. The lowest BCUT2D eigenvalue weighted by Gasteiger charge is -2.24. The summed E-state index contributed by atoms with van der Waals surface area (Å²) in [5.74, 6) is -0.303. The Morgan fingerprint density at radius 1 is 1.53 bits per heavy atom. The van der Waals surface area contributed by atoms with Crippen LogP contribution in [0.5, 0.6) is 0 Å². The zero-order chi connectivity index (χ0) is 11.5. The lowest BCUT2D eigenvalue weighted by atomic mass is 9.95. The normalized spacial score (nSPS) is 15.0. The second-order valence-electron chi connectivity index (χ2n) is 4.00. The molecule has 1 rings (SSSR count). The Kier molecular flexibility index (Phi) is 4.08. The molecule has 1 aromatic rings. The van der Waals surface area contributed by atoms with Crippen LogP contribution in [0.1, 0.15) is 12.5 Å². The first-order valence-corrected chi connectivity index (χ1v) is 5.04. The number of ether oxygens (including phenoxy) is 1. The van der Waals surface area contributed by atoms with Crippen molar-refractivity contribution < 1.29 is 9.13 Å². The lowest BCUT2D eigenvalue weighted by molar-refractivity contribution is 0.141. The molecule has 0 fully saturated rings. The summed E-state index contributed by atoms with van der Waals surface area (Å²) in [7, 11) is 1.58. The van der Waals surface area contributed by atoms with Gasteiger partial charge in [-0.3, -0.25) is 0 Å². The van der Waals surface area contributed by atoms with Gasteiger partial charge in [0.15, 0.2) is 0 Å². The average Bonchev–Trinajstić information content (AvgIpc) is 2.10. The van der Waals surface area contributed by atoms with Crippen LogP contribution in [0.25, 0.3) is 0 Å². The first-order valence-electron chi connectivity index (χ1n) is 4.66. The van der Waals surface area contributed by atoms with Gasteiger partial charge >= 0.3 is 0 Å². The average molecular weight is 232 g/mol. The van der Waals surface area contributed by atoms with E-state index in [1.165, 1.54) is 18.2 Å². The molecule has 0 aliphatic heterocycles. The van der Waals surface area contributed by atoms with Gasteiger partial charge in [0, 0.05) is 17.7 Å². The highest BCUT2D eigenvalue weighted by Crippen LogP contribution is 2.21. The van der Waals surface area contributed by atoms with Gasteiger partial charge in [0.05, 0.1) is 6.61 Å². The van der Waals surface area contributed by atoms with E-state index in [2.05, 4.69) is 0 Å². The van der Waals surface area contributed by atoms with Crippen LogP contribution < -0.4 is 5.73 Å². The molecule has 0 bridgehead atoms. The molecule has 0 saturated heterocycles. The number of hydrogen-bond acceptors (Lipinski definition) is 2. The van der Waals surface area contributed by atoms with Gasteiger partial charge in [0.2, 0.25) is 0 Å². The second-order valence-corrected chi connectivity index (χ2v) is 4.41. The summed E-state index contributed by atoms with van der Waals surface area (Å²) in [6.07, 6.45) is 0.484. The maximum Gasteiger partial charge on any atom is 0.123 e. The Hall–Kier alpha value is -0.640. The van der Waals surface area contributed by atoms with Gasteiger partial charge in [-0.05, 0) is 37.1 Å². The predicted molar refractivity (Wildman–Crippen MR) is 59.6 cm³/mol. The SMILES string of the molecule is COCC(C)(N)Cc1cc(F)ccc1Cl. The zero-order valence-electron chi connectivity index (χ0n) is 8.89. The number of hydrogen-bond donors (Lipinski definition) is 1. The van der Waals surface area contributed by atoms with E-state index < -0.39 is 5.54 Å². The fourth-order valence-electron chi connectivity index (χ4n) is 1.49. The molecule has 1 aromatic carbocycles. The van der Waals surface area contributed by atoms with E-state index in [4.69, 9.17) is 22.1 Å². The second kappa shape index (κ2) is 4.92. The summed E-state index contributed by atoms with van der Waals surface area (Å²) in [6.45, 7) is 2.25. The first kappa shape index (κ1) is 12.4. The van der Waals surface area contributed by atoms with E-state index in [9.17, 15) is 4.39 Å². The monoisotopic (exact) mass is 231 g/mol. The van der Waals surface area contributed by atoms with Gasteiger partial charge in [-0.25, -0.2) is 4.39 Å². The predicted octanol–water partition coefficient (Wildman–Crippen LogP) is 2.39. The van der Waals surface area contributed by atoms with E-state index in [1.54, 1.807) is 7.11 Å². The molecule has 0 amide bonds. The Morgan fingerprint density at radius 2 is 2.20 bits per heavy atom. The molecule has 0 saturated carbocycles. The summed E-state index contributed by atoms with van der Waals surface area (Å²) in [6, 6.07) is 4.27. The number of benzene rings is 1. The molecule has 0 heterocycles. The molecule has 0 aliphatic rings. The highest BCUT2D eigenvalue weighted by Gasteiger charge is 2.20. The molecule has 2 nitrogen and oxygen atoms in total. The molecular weight excluding hydrogens is 217 g/mol. The van der Waals surface area contributed by atoms with Crippen molar-refractivity contribution in [3.63, 3.8) is 0 Å². The van der Waals surface area contributed by atoms with Crippen molar-refractivity contribution in [2.75, 3.05) is 13.7 Å². The maximum absolute atomic E-state index is 13.0. The molecule has 15 heavy (non-hydrogen) atoms. The third-order valence-electron chi connectivity index (χ3n) is 2.08. The van der Waals surface area contributed by atoms with Crippen LogP contribution in [0.2, 0.25) is 5.02 Å². The minimum absolute atomic E-state index is 0.303. The van der Waals surface area contributed by atoms with Crippen LogP contribution >= 0.6 is 11.6 Å². The van der Waals surface area contributed by atoms with E-state index in [0.717, 1.165) is 0 Å². The molecule has 2 N–H and O–H groups in total. The number of nitrogens with two attached hydrogens (primary N) is 1. The molecule has 0 radical (unpaired) electrons. The standard InChI is InChI=1S/C11H15ClFNO/c1-11(14,7-15-2)6-8-5-9(13)3-4-10(8)12/h3-5H,6-7,14H2,1-2H3. The van der Waals surface area contributed by atoms with Crippen molar-refractivity contribution in [1.82, 2.24) is 0 Å². The summed E-state index contributed by atoms with van der Waals surface area (Å²) in [5.41, 5.74) is 6.14. The number of halogens is 2. The van der Waals surface area contributed by atoms with Crippen molar-refractivity contribution in [1.29, 1.82) is 0 Å². The summed E-state index contributed by atoms with van der Waals surface area (Å²) < 4.78 is 18.0. The maximum atomic E-state index is 13.0. The minimum atomic E-state index is -0.536. The van der Waals surface area contributed by atoms with Gasteiger partial charge in [0.1, 0.15) is 5.82 Å². The highest BCUT2D eigenvalue weighted by molar-refractivity contribution is 6.31. The van der Waals surface area contributed by atoms with Gasteiger partial charge in [-0.15, -0.1) is 0 Å². The van der Waals surface area contributed by atoms with Crippen LogP contribution in [-0.2, 0) is 11.2 Å². The van der Waals surface area contributed by atoms with Gasteiger partial charge in [-0.2, -0.15) is 0 Å². The largest absolute Gasteiger partial charge is 0.383 e. The first-order chi connectivity index (χ1) is 6.94. The summed E-state index contributed by atoms with van der Waals surface area (Å²) in [4.78, 5) is 0. The Morgan fingerprint density at radius 3 is 2.80 bits per heavy atom. The van der Waals surface area contributed by atoms with Crippen LogP contribution in [0.15, 0.2) is 18.2 Å². The highest BCUT2D eigenvalue weighted by atomic mass is 35.5. The van der Waals surface area contributed by atoms with Gasteiger partial charge in [0.25, 0.3) is 0 Å². The van der Waals surface area contributed by atoms with E-state index in [1.807, 2.05) is 6.92 Å². The Labute approximate surface area is 94.2 Å². The van der Waals surface area contributed by atoms with Crippen molar-refractivity contribution in [2.24, 2.45) is 5.73 Å². The Balaban J connectivity index is 2.83. The zero-order valence-corrected chi connectivity index (χ0v) is 9.64. The van der Waals surface area contributed by atoms with Crippen molar-refractivity contribution in [3.05, 3.63) is 34.6 Å². The van der Waals surface area contributed by atoms with E-state index in [-0.39, 0.29) is 5.82 Å². The Bertz CT molecular complexity index is 341. The summed E-state index contributed by atoms with van der Waals surface area (Å²) in [5, 5.41) is 0.532. The molecule has 1 atom stereocenters. The molecule has 0 spiro atoms. The lowest BCUT2D eigenvalue weighted by Crippen LogP contribution is -2.43. The van der Waals surface area contributed by atoms with Crippen molar-refractivity contribution in [2.45, 2.75) is 18.9 Å².